The van der Waals surface area contributed by atoms with Crippen molar-refractivity contribution in [2.24, 2.45) is 5.14 Å². The Balaban J connectivity index is 1.93. The predicted octanol–water partition coefficient (Wildman–Crippen LogP) is 1.97. The molecule has 9 heteroatoms. The lowest BCUT2D eigenvalue weighted by molar-refractivity contribution is 0.0724. The van der Waals surface area contributed by atoms with Gasteiger partial charge in [-0.05, 0) is 25.0 Å². The third-order valence-corrected chi connectivity index (χ3v) is 6.30. The van der Waals surface area contributed by atoms with E-state index < -0.39 is 10.0 Å². The van der Waals surface area contributed by atoms with Crippen molar-refractivity contribution in [1.82, 2.24) is 4.90 Å². The fourth-order valence-corrected chi connectivity index (χ4v) is 4.70. The van der Waals surface area contributed by atoms with Gasteiger partial charge >= 0.3 is 0 Å². The molecule has 2 N–H and O–H groups in total. The average Bonchev–Trinajstić information content (AvgIpc) is 3.23. The first-order valence-corrected chi connectivity index (χ1v) is 9.33. The zero-order valence-electron chi connectivity index (χ0n) is 12.4. The largest absolute Gasteiger partial charge is 0.494 e. The maximum Gasteiger partial charge on any atom is 0.264 e. The van der Waals surface area contributed by atoms with Crippen molar-refractivity contribution in [3.8, 4) is 5.75 Å². The van der Waals surface area contributed by atoms with Gasteiger partial charge in [-0.15, -0.1) is 11.3 Å². The molecular weight excluding hydrogens is 340 g/mol. The number of amides is 1. The molecular formula is C14H16N2O5S2. The van der Waals surface area contributed by atoms with E-state index >= 15 is 0 Å². The van der Waals surface area contributed by atoms with Crippen LogP contribution >= 0.6 is 11.3 Å². The number of furan rings is 1. The minimum atomic E-state index is -3.93. The SMILES string of the molecule is COc1cc(C(=O)N2CCCC2c2ccco2)sc1S(N)(=O)=O. The highest BCUT2D eigenvalue weighted by molar-refractivity contribution is 7.91. The minimum absolute atomic E-state index is 0.0922. The fourth-order valence-electron chi connectivity index (χ4n) is 2.73. The molecule has 0 radical (unpaired) electrons. The molecule has 124 valence electrons. The molecule has 3 rings (SSSR count). The summed E-state index contributed by atoms with van der Waals surface area (Å²) in [4.78, 5) is 14.7. The lowest BCUT2D eigenvalue weighted by Gasteiger charge is -2.22. The smallest absolute Gasteiger partial charge is 0.264 e. The molecule has 0 aliphatic carbocycles. The number of likely N-dealkylation sites (tertiary alicyclic amines) is 1. The van der Waals surface area contributed by atoms with Gasteiger partial charge in [-0.2, -0.15) is 0 Å². The first-order chi connectivity index (χ1) is 10.9. The molecule has 1 atom stereocenters. The van der Waals surface area contributed by atoms with E-state index in [1.54, 1.807) is 17.2 Å². The highest BCUT2D eigenvalue weighted by Crippen LogP contribution is 2.37. The number of nitrogens with two attached hydrogens (primary N) is 1. The van der Waals surface area contributed by atoms with Crippen molar-refractivity contribution in [1.29, 1.82) is 0 Å². The third-order valence-electron chi connectivity index (χ3n) is 3.74. The van der Waals surface area contributed by atoms with Crippen molar-refractivity contribution in [3.05, 3.63) is 35.1 Å². The molecule has 0 aromatic carbocycles. The van der Waals surface area contributed by atoms with E-state index in [0.717, 1.165) is 29.9 Å². The molecule has 23 heavy (non-hydrogen) atoms. The molecule has 0 bridgehead atoms. The quantitative estimate of drug-likeness (QED) is 0.902. The van der Waals surface area contributed by atoms with Gasteiger partial charge in [-0.25, -0.2) is 13.6 Å². The molecule has 1 fully saturated rings. The second-order valence-electron chi connectivity index (χ2n) is 5.18. The fraction of sp³-hybridized carbons (Fsp3) is 0.357. The highest BCUT2D eigenvalue weighted by atomic mass is 32.2. The maximum absolute atomic E-state index is 12.8. The summed E-state index contributed by atoms with van der Waals surface area (Å²) in [7, 11) is -2.59. The predicted molar refractivity (Wildman–Crippen MR) is 84.0 cm³/mol. The van der Waals surface area contributed by atoms with E-state index in [9.17, 15) is 13.2 Å². The number of carbonyl (C=O) groups excluding carboxylic acids is 1. The van der Waals surface area contributed by atoms with Crippen LogP contribution in [0.4, 0.5) is 0 Å². The highest BCUT2D eigenvalue weighted by Gasteiger charge is 2.34. The van der Waals surface area contributed by atoms with Crippen LogP contribution in [-0.4, -0.2) is 32.9 Å². The zero-order chi connectivity index (χ0) is 16.6. The Morgan fingerprint density at radius 2 is 2.30 bits per heavy atom. The molecule has 1 saturated heterocycles. The summed E-state index contributed by atoms with van der Waals surface area (Å²) in [5, 5.41) is 5.17. The average molecular weight is 356 g/mol. The Morgan fingerprint density at radius 3 is 2.87 bits per heavy atom. The molecule has 1 amide bonds. The lowest BCUT2D eigenvalue weighted by atomic mass is 10.1. The number of thiophene rings is 1. The van der Waals surface area contributed by atoms with Crippen LogP contribution in [0, 0.1) is 0 Å². The number of carbonyl (C=O) groups is 1. The number of ether oxygens (including phenoxy) is 1. The Hall–Kier alpha value is -1.84. The maximum atomic E-state index is 12.8. The molecule has 2 aromatic rings. The van der Waals surface area contributed by atoms with Gasteiger partial charge in [0.1, 0.15) is 5.76 Å². The van der Waals surface area contributed by atoms with Crippen LogP contribution in [-0.2, 0) is 10.0 Å². The Labute approximate surface area is 137 Å². The summed E-state index contributed by atoms with van der Waals surface area (Å²) in [6.07, 6.45) is 3.25. The zero-order valence-corrected chi connectivity index (χ0v) is 14.0. The van der Waals surface area contributed by atoms with Crippen LogP contribution in [0.2, 0.25) is 0 Å². The van der Waals surface area contributed by atoms with Crippen LogP contribution in [0.3, 0.4) is 0 Å². The number of hydrogen-bond donors (Lipinski definition) is 1. The minimum Gasteiger partial charge on any atom is -0.494 e. The van der Waals surface area contributed by atoms with Gasteiger partial charge in [-0.3, -0.25) is 4.79 Å². The summed E-state index contributed by atoms with van der Waals surface area (Å²) in [5.41, 5.74) is 0. The standard InChI is InChI=1S/C14H16N2O5S2/c1-20-11-8-12(22-14(11)23(15,18)19)13(17)16-6-2-4-9(16)10-5-3-7-21-10/h3,5,7-9H,2,4,6H2,1H3,(H2,15,18,19). The summed E-state index contributed by atoms with van der Waals surface area (Å²) in [6, 6.07) is 4.90. The Bertz CT molecular complexity index is 810. The molecule has 0 spiro atoms. The topological polar surface area (TPSA) is 103 Å². The van der Waals surface area contributed by atoms with Gasteiger partial charge < -0.3 is 14.1 Å². The van der Waals surface area contributed by atoms with Crippen molar-refractivity contribution in [2.75, 3.05) is 13.7 Å². The summed E-state index contributed by atoms with van der Waals surface area (Å²) < 4.78 is 33.5. The van der Waals surface area contributed by atoms with Gasteiger partial charge in [0.05, 0.1) is 24.3 Å². The van der Waals surface area contributed by atoms with E-state index in [-0.39, 0.29) is 26.8 Å². The van der Waals surface area contributed by atoms with Gasteiger partial charge in [-0.1, -0.05) is 0 Å². The number of methoxy groups -OCH3 is 1. The van der Waals surface area contributed by atoms with E-state index in [0.29, 0.717) is 6.54 Å². The number of rotatable bonds is 4. The molecule has 3 heterocycles. The van der Waals surface area contributed by atoms with E-state index in [1.165, 1.54) is 13.2 Å². The summed E-state index contributed by atoms with van der Waals surface area (Å²) >= 11 is 0.825. The van der Waals surface area contributed by atoms with E-state index in [1.807, 2.05) is 6.07 Å². The van der Waals surface area contributed by atoms with Crippen molar-refractivity contribution < 1.29 is 22.4 Å². The monoisotopic (exact) mass is 356 g/mol. The summed E-state index contributed by atoms with van der Waals surface area (Å²) in [5.74, 6) is 0.572. The number of hydrogen-bond acceptors (Lipinski definition) is 6. The first-order valence-electron chi connectivity index (χ1n) is 6.97. The van der Waals surface area contributed by atoms with Crippen molar-refractivity contribution >= 4 is 27.3 Å². The summed E-state index contributed by atoms with van der Waals surface area (Å²) in [6.45, 7) is 0.592. The normalized spacial score (nSPS) is 18.3. The molecule has 1 aliphatic heterocycles. The lowest BCUT2D eigenvalue weighted by Crippen LogP contribution is -2.29. The molecule has 1 unspecified atom stereocenters. The second-order valence-corrected chi connectivity index (χ2v) is 7.99. The van der Waals surface area contributed by atoms with Crippen molar-refractivity contribution in [2.45, 2.75) is 23.1 Å². The van der Waals surface area contributed by atoms with E-state index in [4.69, 9.17) is 14.3 Å². The number of nitrogens with zero attached hydrogens (tertiary/aromatic N) is 1. The van der Waals surface area contributed by atoms with Crippen LogP contribution < -0.4 is 9.88 Å². The Morgan fingerprint density at radius 1 is 1.52 bits per heavy atom. The van der Waals surface area contributed by atoms with E-state index in [2.05, 4.69) is 0 Å². The first kappa shape index (κ1) is 16.0. The molecule has 2 aromatic heterocycles. The molecule has 1 aliphatic rings. The van der Waals surface area contributed by atoms with Gasteiger partial charge in [0.15, 0.2) is 9.96 Å². The number of sulfonamides is 1. The van der Waals surface area contributed by atoms with Gasteiger partial charge in [0.2, 0.25) is 0 Å². The van der Waals surface area contributed by atoms with Crippen LogP contribution in [0.5, 0.6) is 5.75 Å². The Kier molecular flexibility index (Phi) is 4.17. The third kappa shape index (κ3) is 2.99. The van der Waals surface area contributed by atoms with Gasteiger partial charge in [0, 0.05) is 12.6 Å². The van der Waals surface area contributed by atoms with Crippen LogP contribution in [0.15, 0.2) is 33.1 Å². The number of primary sulfonamides is 1. The van der Waals surface area contributed by atoms with Crippen LogP contribution in [0.25, 0.3) is 0 Å². The molecule has 7 nitrogen and oxygen atoms in total. The second kappa shape index (κ2) is 5.99. The van der Waals surface area contributed by atoms with Gasteiger partial charge in [0.25, 0.3) is 15.9 Å². The van der Waals surface area contributed by atoms with Crippen LogP contribution in [0.1, 0.15) is 34.3 Å². The molecule has 0 saturated carbocycles. The van der Waals surface area contributed by atoms with Crippen molar-refractivity contribution in [3.63, 3.8) is 0 Å².